The fourth-order valence-electron chi connectivity index (χ4n) is 2.12. The Morgan fingerprint density at radius 2 is 1.89 bits per heavy atom. The molecular weight excluding hydrogens is 250 g/mol. The predicted octanol–water partition coefficient (Wildman–Crippen LogP) is 0.463. The summed E-state index contributed by atoms with van der Waals surface area (Å²) in [6, 6.07) is 0. The van der Waals surface area contributed by atoms with E-state index >= 15 is 0 Å². The molecule has 1 aliphatic heterocycles. The average molecular weight is 275 g/mol. The van der Waals surface area contributed by atoms with Gasteiger partial charge in [-0.1, -0.05) is 0 Å². The van der Waals surface area contributed by atoms with Crippen molar-refractivity contribution in [3.8, 4) is 0 Å². The van der Waals surface area contributed by atoms with E-state index in [1.54, 1.807) is 7.11 Å². The van der Waals surface area contributed by atoms with Gasteiger partial charge in [0.05, 0.1) is 39.0 Å². The number of likely N-dealkylation sites (tertiary alicyclic amines) is 1. The van der Waals surface area contributed by atoms with Crippen molar-refractivity contribution in [3.05, 3.63) is 0 Å². The molecule has 1 N–H and O–H groups in total. The van der Waals surface area contributed by atoms with Gasteiger partial charge < -0.3 is 24.2 Å². The fraction of sp³-hybridized carbons (Fsp3) is 0.923. The first-order valence-electron chi connectivity index (χ1n) is 6.83. The second kappa shape index (κ2) is 10.1. The molecule has 0 bridgehead atoms. The van der Waals surface area contributed by atoms with Gasteiger partial charge in [-0.3, -0.25) is 4.79 Å². The van der Waals surface area contributed by atoms with Crippen LogP contribution < -0.4 is 0 Å². The molecule has 1 aliphatic rings. The van der Waals surface area contributed by atoms with Gasteiger partial charge in [-0.15, -0.1) is 0 Å². The third-order valence-electron chi connectivity index (χ3n) is 3.21. The zero-order valence-corrected chi connectivity index (χ0v) is 11.7. The van der Waals surface area contributed by atoms with E-state index in [-0.39, 0.29) is 5.92 Å². The van der Waals surface area contributed by atoms with Gasteiger partial charge in [-0.2, -0.15) is 0 Å². The second-order valence-corrected chi connectivity index (χ2v) is 4.70. The average Bonchev–Trinajstić information content (AvgIpc) is 2.42. The van der Waals surface area contributed by atoms with Crippen molar-refractivity contribution in [3.63, 3.8) is 0 Å². The number of hydrogen-bond acceptors (Lipinski definition) is 5. The van der Waals surface area contributed by atoms with Crippen LogP contribution in [0.15, 0.2) is 0 Å². The third kappa shape index (κ3) is 7.47. The first-order valence-corrected chi connectivity index (χ1v) is 6.83. The highest BCUT2D eigenvalue weighted by molar-refractivity contribution is 5.70. The highest BCUT2D eigenvalue weighted by Crippen LogP contribution is 2.15. The number of carboxylic acids is 1. The molecule has 1 saturated heterocycles. The van der Waals surface area contributed by atoms with E-state index in [4.69, 9.17) is 19.3 Å². The molecule has 1 unspecified atom stereocenters. The van der Waals surface area contributed by atoms with Crippen LogP contribution in [-0.4, -0.2) is 75.8 Å². The Morgan fingerprint density at radius 3 is 2.58 bits per heavy atom. The van der Waals surface area contributed by atoms with E-state index in [1.807, 2.05) is 0 Å². The minimum atomic E-state index is -0.683. The van der Waals surface area contributed by atoms with Gasteiger partial charge in [0.25, 0.3) is 0 Å². The summed E-state index contributed by atoms with van der Waals surface area (Å²) in [6.45, 7) is 5.36. The van der Waals surface area contributed by atoms with Crippen molar-refractivity contribution in [1.29, 1.82) is 0 Å². The maximum absolute atomic E-state index is 10.9. The molecule has 0 saturated carbocycles. The Hall–Kier alpha value is -0.690. The van der Waals surface area contributed by atoms with Gasteiger partial charge in [-0.05, 0) is 19.4 Å². The van der Waals surface area contributed by atoms with Crippen molar-refractivity contribution in [2.24, 2.45) is 5.92 Å². The summed E-state index contributed by atoms with van der Waals surface area (Å²) >= 11 is 0. The molecule has 6 heteroatoms. The molecule has 0 amide bonds. The molecule has 1 heterocycles. The third-order valence-corrected chi connectivity index (χ3v) is 3.21. The zero-order valence-electron chi connectivity index (χ0n) is 11.7. The fourth-order valence-corrected chi connectivity index (χ4v) is 2.12. The lowest BCUT2D eigenvalue weighted by Crippen LogP contribution is -2.40. The Bertz CT molecular complexity index is 249. The lowest BCUT2D eigenvalue weighted by molar-refractivity contribution is -0.143. The number of aliphatic carboxylic acids is 1. The normalized spacial score (nSPS) is 20.6. The standard InChI is InChI=1S/C13H25NO5/c1-17-7-8-19-10-9-18-6-5-14-4-2-3-12(11-14)13(15)16/h12H,2-11H2,1H3,(H,15,16). The second-order valence-electron chi connectivity index (χ2n) is 4.70. The molecule has 0 aliphatic carbocycles. The van der Waals surface area contributed by atoms with Crippen molar-refractivity contribution < 1.29 is 24.1 Å². The van der Waals surface area contributed by atoms with Crippen LogP contribution in [0.2, 0.25) is 0 Å². The molecule has 0 radical (unpaired) electrons. The minimum Gasteiger partial charge on any atom is -0.481 e. The van der Waals surface area contributed by atoms with Crippen LogP contribution in [-0.2, 0) is 19.0 Å². The molecule has 0 spiro atoms. The van der Waals surface area contributed by atoms with E-state index in [1.165, 1.54) is 0 Å². The van der Waals surface area contributed by atoms with E-state index < -0.39 is 5.97 Å². The number of ether oxygens (including phenoxy) is 3. The van der Waals surface area contributed by atoms with Crippen molar-refractivity contribution in [1.82, 2.24) is 4.90 Å². The highest BCUT2D eigenvalue weighted by Gasteiger charge is 2.24. The number of rotatable bonds is 10. The SMILES string of the molecule is COCCOCCOCCN1CCCC(C(=O)O)C1. The van der Waals surface area contributed by atoms with Gasteiger partial charge >= 0.3 is 5.97 Å². The summed E-state index contributed by atoms with van der Waals surface area (Å²) in [5.41, 5.74) is 0. The summed E-state index contributed by atoms with van der Waals surface area (Å²) in [4.78, 5) is 13.1. The van der Waals surface area contributed by atoms with Crippen molar-refractivity contribution >= 4 is 5.97 Å². The lowest BCUT2D eigenvalue weighted by Gasteiger charge is -2.30. The number of piperidine rings is 1. The molecule has 1 atom stereocenters. The van der Waals surface area contributed by atoms with E-state index in [0.717, 1.165) is 25.9 Å². The number of carbonyl (C=O) groups is 1. The Labute approximate surface area is 114 Å². The maximum Gasteiger partial charge on any atom is 0.307 e. The molecule has 1 fully saturated rings. The quantitative estimate of drug-likeness (QED) is 0.584. The van der Waals surface area contributed by atoms with Crippen molar-refractivity contribution in [2.45, 2.75) is 12.8 Å². The van der Waals surface area contributed by atoms with Crippen LogP contribution in [0.3, 0.4) is 0 Å². The molecular formula is C13H25NO5. The maximum atomic E-state index is 10.9. The number of methoxy groups -OCH3 is 1. The van der Waals surface area contributed by atoms with E-state index in [9.17, 15) is 4.79 Å². The first-order chi connectivity index (χ1) is 9.24. The van der Waals surface area contributed by atoms with Gasteiger partial charge in [0.1, 0.15) is 0 Å². The summed E-state index contributed by atoms with van der Waals surface area (Å²) < 4.78 is 15.6. The number of hydrogen-bond donors (Lipinski definition) is 1. The topological polar surface area (TPSA) is 68.2 Å². The first kappa shape index (κ1) is 16.4. The zero-order chi connectivity index (χ0) is 13.9. The highest BCUT2D eigenvalue weighted by atomic mass is 16.5. The summed E-state index contributed by atoms with van der Waals surface area (Å²) in [5, 5.41) is 8.98. The molecule has 0 aromatic rings. The van der Waals surface area contributed by atoms with Crippen LogP contribution in [0.25, 0.3) is 0 Å². The van der Waals surface area contributed by atoms with Gasteiger partial charge in [-0.25, -0.2) is 0 Å². The molecule has 19 heavy (non-hydrogen) atoms. The molecule has 1 rings (SSSR count). The Balaban J connectivity index is 1.95. The van der Waals surface area contributed by atoms with Gasteiger partial charge in [0.15, 0.2) is 0 Å². The summed E-state index contributed by atoms with van der Waals surface area (Å²) in [6.07, 6.45) is 1.75. The monoisotopic (exact) mass is 275 g/mol. The van der Waals surface area contributed by atoms with Crippen LogP contribution in [0.1, 0.15) is 12.8 Å². The largest absolute Gasteiger partial charge is 0.481 e. The minimum absolute atomic E-state index is 0.217. The Kier molecular flexibility index (Phi) is 8.73. The number of carboxylic acid groups (broad SMARTS) is 1. The molecule has 112 valence electrons. The smallest absolute Gasteiger partial charge is 0.307 e. The lowest BCUT2D eigenvalue weighted by atomic mass is 9.98. The predicted molar refractivity (Wildman–Crippen MR) is 70.3 cm³/mol. The van der Waals surface area contributed by atoms with Gasteiger partial charge in [0.2, 0.25) is 0 Å². The van der Waals surface area contributed by atoms with Crippen LogP contribution >= 0.6 is 0 Å². The summed E-state index contributed by atoms with van der Waals surface area (Å²) in [7, 11) is 1.64. The summed E-state index contributed by atoms with van der Waals surface area (Å²) in [5.74, 6) is -0.900. The molecule has 0 aromatic heterocycles. The Morgan fingerprint density at radius 1 is 1.21 bits per heavy atom. The van der Waals surface area contributed by atoms with E-state index in [0.29, 0.717) is 39.6 Å². The van der Waals surface area contributed by atoms with Crippen LogP contribution in [0.5, 0.6) is 0 Å². The molecule has 0 aromatic carbocycles. The van der Waals surface area contributed by atoms with Crippen molar-refractivity contribution in [2.75, 3.05) is 59.8 Å². The number of nitrogens with zero attached hydrogens (tertiary/aromatic N) is 1. The van der Waals surface area contributed by atoms with E-state index in [2.05, 4.69) is 4.90 Å². The van der Waals surface area contributed by atoms with Gasteiger partial charge in [0, 0.05) is 20.2 Å². The molecule has 6 nitrogen and oxygen atoms in total. The van der Waals surface area contributed by atoms with Crippen LogP contribution in [0.4, 0.5) is 0 Å². The van der Waals surface area contributed by atoms with Crippen LogP contribution in [0, 0.1) is 5.92 Å².